The van der Waals surface area contributed by atoms with E-state index in [0.29, 0.717) is 35.8 Å². The second-order valence-electron chi connectivity index (χ2n) is 6.26. The Balaban J connectivity index is 1.70. The molecule has 0 unspecified atom stereocenters. The van der Waals surface area contributed by atoms with E-state index in [1.54, 1.807) is 12.1 Å². The summed E-state index contributed by atoms with van der Waals surface area (Å²) in [5.74, 6) is 0.905. The summed E-state index contributed by atoms with van der Waals surface area (Å²) in [6.45, 7) is 3.53. The van der Waals surface area contributed by atoms with Crippen molar-refractivity contribution in [1.29, 1.82) is 0 Å². The largest absolute Gasteiger partial charge is 0.490 e. The lowest BCUT2D eigenvalue weighted by Crippen LogP contribution is -2.34. The third-order valence-corrected chi connectivity index (χ3v) is 4.65. The molecule has 0 saturated heterocycles. The SMILES string of the molecule is CCOc1cc(CNC2CCC2)cc(Cl)c1OCc1ccc(F)cc1. The van der Waals surface area contributed by atoms with Crippen molar-refractivity contribution < 1.29 is 13.9 Å². The number of rotatable bonds is 8. The minimum atomic E-state index is -0.264. The first-order valence-electron chi connectivity index (χ1n) is 8.71. The highest BCUT2D eigenvalue weighted by Gasteiger charge is 2.18. The Labute approximate surface area is 153 Å². The average Bonchev–Trinajstić information content (AvgIpc) is 2.54. The zero-order valence-electron chi connectivity index (χ0n) is 14.4. The maximum absolute atomic E-state index is 13.0. The Bertz CT molecular complexity index is 702. The summed E-state index contributed by atoms with van der Waals surface area (Å²) in [6.07, 6.45) is 3.79. The first kappa shape index (κ1) is 18.0. The Morgan fingerprint density at radius 2 is 1.88 bits per heavy atom. The predicted octanol–water partition coefficient (Wildman–Crippen LogP) is 5.10. The van der Waals surface area contributed by atoms with Crippen molar-refractivity contribution in [1.82, 2.24) is 5.32 Å². The lowest BCUT2D eigenvalue weighted by Gasteiger charge is -2.26. The number of nitrogens with one attached hydrogen (secondary N) is 1. The van der Waals surface area contributed by atoms with Crippen LogP contribution in [0.2, 0.25) is 5.02 Å². The van der Waals surface area contributed by atoms with Crippen molar-refractivity contribution in [2.45, 2.75) is 45.4 Å². The topological polar surface area (TPSA) is 30.5 Å². The third kappa shape index (κ3) is 4.86. The van der Waals surface area contributed by atoms with Gasteiger partial charge in [-0.3, -0.25) is 0 Å². The molecular weight excluding hydrogens is 341 g/mol. The number of benzene rings is 2. The highest BCUT2D eigenvalue weighted by atomic mass is 35.5. The van der Waals surface area contributed by atoms with Crippen molar-refractivity contribution in [3.8, 4) is 11.5 Å². The Kier molecular flexibility index (Phi) is 6.16. The van der Waals surface area contributed by atoms with Crippen LogP contribution in [0.15, 0.2) is 36.4 Å². The van der Waals surface area contributed by atoms with Gasteiger partial charge in [0.1, 0.15) is 12.4 Å². The molecule has 1 saturated carbocycles. The molecule has 1 aliphatic carbocycles. The molecule has 25 heavy (non-hydrogen) atoms. The quantitative estimate of drug-likeness (QED) is 0.707. The van der Waals surface area contributed by atoms with Gasteiger partial charge in [0.2, 0.25) is 0 Å². The van der Waals surface area contributed by atoms with E-state index in [-0.39, 0.29) is 5.82 Å². The van der Waals surface area contributed by atoms with E-state index in [1.165, 1.54) is 31.4 Å². The molecule has 2 aromatic carbocycles. The van der Waals surface area contributed by atoms with Gasteiger partial charge in [0, 0.05) is 12.6 Å². The fraction of sp³-hybridized carbons (Fsp3) is 0.400. The normalized spacial score (nSPS) is 14.2. The molecule has 0 aromatic heterocycles. The maximum atomic E-state index is 13.0. The fourth-order valence-corrected chi connectivity index (χ4v) is 3.02. The number of hydrogen-bond acceptors (Lipinski definition) is 3. The van der Waals surface area contributed by atoms with Crippen LogP contribution >= 0.6 is 11.6 Å². The highest BCUT2D eigenvalue weighted by Crippen LogP contribution is 2.37. The van der Waals surface area contributed by atoms with Gasteiger partial charge in [-0.1, -0.05) is 30.2 Å². The Morgan fingerprint density at radius 1 is 1.12 bits per heavy atom. The zero-order chi connectivity index (χ0) is 17.6. The first-order chi connectivity index (χ1) is 12.2. The smallest absolute Gasteiger partial charge is 0.180 e. The van der Waals surface area contributed by atoms with Gasteiger partial charge in [-0.05, 0) is 55.2 Å². The average molecular weight is 364 g/mol. The van der Waals surface area contributed by atoms with Crippen LogP contribution in [0.1, 0.15) is 37.3 Å². The summed E-state index contributed by atoms with van der Waals surface area (Å²) >= 11 is 6.43. The number of ether oxygens (including phenoxy) is 2. The molecule has 0 atom stereocenters. The highest BCUT2D eigenvalue weighted by molar-refractivity contribution is 6.32. The standard InChI is InChI=1S/C20H23ClFNO2/c1-2-24-19-11-15(12-23-17-4-3-5-17)10-18(21)20(19)25-13-14-6-8-16(22)9-7-14/h6-11,17,23H,2-5,12-13H2,1H3. The number of halogens is 2. The molecule has 0 radical (unpaired) electrons. The van der Waals surface area contributed by atoms with Crippen LogP contribution in [0.4, 0.5) is 4.39 Å². The van der Waals surface area contributed by atoms with E-state index in [1.807, 2.05) is 19.1 Å². The summed E-state index contributed by atoms with van der Waals surface area (Å²) in [6, 6.07) is 10.7. The van der Waals surface area contributed by atoms with Gasteiger partial charge in [0.25, 0.3) is 0 Å². The van der Waals surface area contributed by atoms with E-state index in [4.69, 9.17) is 21.1 Å². The molecule has 134 valence electrons. The zero-order valence-corrected chi connectivity index (χ0v) is 15.1. The molecule has 1 N–H and O–H groups in total. The summed E-state index contributed by atoms with van der Waals surface area (Å²) in [5, 5.41) is 4.05. The maximum Gasteiger partial charge on any atom is 0.180 e. The van der Waals surface area contributed by atoms with Crippen molar-refractivity contribution in [2.75, 3.05) is 6.61 Å². The molecule has 1 fully saturated rings. The molecule has 0 heterocycles. The van der Waals surface area contributed by atoms with Gasteiger partial charge in [-0.25, -0.2) is 4.39 Å². The van der Waals surface area contributed by atoms with Crippen LogP contribution in [0, 0.1) is 5.82 Å². The lowest BCUT2D eigenvalue weighted by atomic mass is 9.93. The van der Waals surface area contributed by atoms with Crippen LogP contribution in [0.5, 0.6) is 11.5 Å². The minimum absolute atomic E-state index is 0.264. The van der Waals surface area contributed by atoms with Crippen LogP contribution in [-0.2, 0) is 13.2 Å². The van der Waals surface area contributed by atoms with Crippen molar-refractivity contribution in [2.24, 2.45) is 0 Å². The van der Waals surface area contributed by atoms with E-state index in [9.17, 15) is 4.39 Å². The molecule has 5 heteroatoms. The van der Waals surface area contributed by atoms with Gasteiger partial charge in [-0.15, -0.1) is 0 Å². The first-order valence-corrected chi connectivity index (χ1v) is 9.09. The molecule has 3 nitrogen and oxygen atoms in total. The van der Waals surface area contributed by atoms with E-state index >= 15 is 0 Å². The summed E-state index contributed by atoms with van der Waals surface area (Å²) in [5.41, 5.74) is 1.95. The van der Waals surface area contributed by atoms with E-state index in [0.717, 1.165) is 17.7 Å². The second-order valence-corrected chi connectivity index (χ2v) is 6.67. The van der Waals surface area contributed by atoms with Crippen LogP contribution in [-0.4, -0.2) is 12.6 Å². The summed E-state index contributed by atoms with van der Waals surface area (Å²) < 4.78 is 24.6. The second kappa shape index (κ2) is 8.54. The molecule has 0 spiro atoms. The number of hydrogen-bond donors (Lipinski definition) is 1. The van der Waals surface area contributed by atoms with E-state index < -0.39 is 0 Å². The molecular formula is C20H23ClFNO2. The van der Waals surface area contributed by atoms with Crippen LogP contribution < -0.4 is 14.8 Å². The molecule has 0 aliphatic heterocycles. The molecule has 0 amide bonds. The minimum Gasteiger partial charge on any atom is -0.490 e. The molecule has 3 rings (SSSR count). The Hall–Kier alpha value is -1.78. The molecule has 0 bridgehead atoms. The van der Waals surface area contributed by atoms with Crippen molar-refractivity contribution >= 4 is 11.6 Å². The predicted molar refractivity (Wildman–Crippen MR) is 97.8 cm³/mol. The fourth-order valence-electron chi connectivity index (χ4n) is 2.74. The van der Waals surface area contributed by atoms with Gasteiger partial charge in [0.05, 0.1) is 11.6 Å². The molecule has 2 aromatic rings. The van der Waals surface area contributed by atoms with Gasteiger partial charge in [0.15, 0.2) is 11.5 Å². The molecule has 1 aliphatic rings. The summed E-state index contributed by atoms with van der Waals surface area (Å²) in [7, 11) is 0. The summed E-state index contributed by atoms with van der Waals surface area (Å²) in [4.78, 5) is 0. The Morgan fingerprint density at radius 3 is 2.52 bits per heavy atom. The van der Waals surface area contributed by atoms with E-state index in [2.05, 4.69) is 5.32 Å². The lowest BCUT2D eigenvalue weighted by molar-refractivity contribution is 0.269. The van der Waals surface area contributed by atoms with Gasteiger partial charge >= 0.3 is 0 Å². The van der Waals surface area contributed by atoms with Crippen LogP contribution in [0.3, 0.4) is 0 Å². The monoisotopic (exact) mass is 363 g/mol. The van der Waals surface area contributed by atoms with Crippen LogP contribution in [0.25, 0.3) is 0 Å². The van der Waals surface area contributed by atoms with Gasteiger partial charge in [-0.2, -0.15) is 0 Å². The third-order valence-electron chi connectivity index (χ3n) is 4.37. The van der Waals surface area contributed by atoms with Gasteiger partial charge < -0.3 is 14.8 Å². The van der Waals surface area contributed by atoms with Crippen molar-refractivity contribution in [3.05, 3.63) is 58.4 Å². The van der Waals surface area contributed by atoms with Crippen molar-refractivity contribution in [3.63, 3.8) is 0 Å².